The third kappa shape index (κ3) is 2.09. The Balaban J connectivity index is 1.74. The quantitative estimate of drug-likeness (QED) is 0.728. The lowest BCUT2D eigenvalue weighted by Crippen LogP contribution is -2.21. The monoisotopic (exact) mass is 298 g/mol. The minimum Gasteiger partial charge on any atom is -0.454 e. The Morgan fingerprint density at radius 1 is 1.14 bits per heavy atom. The van der Waals surface area contributed by atoms with E-state index in [1.807, 2.05) is 18.2 Å². The maximum Gasteiger partial charge on any atom is 0.261 e. The first-order valence-corrected chi connectivity index (χ1v) is 6.74. The lowest BCUT2D eigenvalue weighted by atomic mass is 10.2. The SMILES string of the molecule is O=c1c2ccc(F)cc2ncn1Cc1ccc2c(c1)OCO2. The van der Waals surface area contributed by atoms with Crippen molar-refractivity contribution in [2.75, 3.05) is 6.79 Å². The number of hydrogen-bond acceptors (Lipinski definition) is 4. The third-order valence-corrected chi connectivity index (χ3v) is 3.58. The van der Waals surface area contributed by atoms with E-state index in [0.29, 0.717) is 28.9 Å². The molecule has 0 aliphatic carbocycles. The fraction of sp³-hybridized carbons (Fsp3) is 0.125. The molecule has 1 aliphatic heterocycles. The molecule has 0 spiro atoms. The van der Waals surface area contributed by atoms with Gasteiger partial charge in [0.1, 0.15) is 5.82 Å². The van der Waals surface area contributed by atoms with Crippen molar-refractivity contribution in [2.45, 2.75) is 6.54 Å². The summed E-state index contributed by atoms with van der Waals surface area (Å²) >= 11 is 0. The Morgan fingerprint density at radius 3 is 2.91 bits per heavy atom. The first-order valence-electron chi connectivity index (χ1n) is 6.74. The molecule has 0 unspecified atom stereocenters. The van der Waals surface area contributed by atoms with Crippen molar-refractivity contribution in [1.82, 2.24) is 9.55 Å². The predicted octanol–water partition coefficient (Wildman–Crippen LogP) is 2.31. The van der Waals surface area contributed by atoms with E-state index in [0.717, 1.165) is 5.56 Å². The van der Waals surface area contributed by atoms with Crippen molar-refractivity contribution in [3.63, 3.8) is 0 Å². The molecule has 0 radical (unpaired) electrons. The van der Waals surface area contributed by atoms with Crippen LogP contribution in [0.3, 0.4) is 0 Å². The van der Waals surface area contributed by atoms with Gasteiger partial charge in [-0.05, 0) is 29.8 Å². The van der Waals surface area contributed by atoms with Crippen LogP contribution in [0.15, 0.2) is 47.5 Å². The van der Waals surface area contributed by atoms with Crippen LogP contribution >= 0.6 is 0 Å². The third-order valence-electron chi connectivity index (χ3n) is 3.58. The summed E-state index contributed by atoms with van der Waals surface area (Å²) in [5.41, 5.74) is 1.05. The van der Waals surface area contributed by atoms with Crippen LogP contribution in [-0.2, 0) is 6.54 Å². The fourth-order valence-electron chi connectivity index (χ4n) is 2.48. The van der Waals surface area contributed by atoms with Crippen LogP contribution < -0.4 is 15.0 Å². The van der Waals surface area contributed by atoms with E-state index in [9.17, 15) is 9.18 Å². The summed E-state index contributed by atoms with van der Waals surface area (Å²) in [5, 5.41) is 0.393. The number of halogens is 1. The lowest BCUT2D eigenvalue weighted by molar-refractivity contribution is 0.174. The zero-order valence-corrected chi connectivity index (χ0v) is 11.5. The average molecular weight is 298 g/mol. The largest absolute Gasteiger partial charge is 0.454 e. The molecule has 0 bridgehead atoms. The van der Waals surface area contributed by atoms with Crippen LogP contribution in [0, 0.1) is 5.82 Å². The van der Waals surface area contributed by atoms with Gasteiger partial charge in [-0.15, -0.1) is 0 Å². The van der Waals surface area contributed by atoms with Gasteiger partial charge in [0.05, 0.1) is 23.8 Å². The van der Waals surface area contributed by atoms with Crippen molar-refractivity contribution >= 4 is 10.9 Å². The molecule has 5 nitrogen and oxygen atoms in total. The minimum atomic E-state index is -0.409. The molecule has 4 rings (SSSR count). The highest BCUT2D eigenvalue weighted by molar-refractivity contribution is 5.77. The molecule has 0 atom stereocenters. The Bertz CT molecular complexity index is 936. The van der Waals surface area contributed by atoms with Crippen LogP contribution in [0.2, 0.25) is 0 Å². The first kappa shape index (κ1) is 12.8. The molecule has 6 heteroatoms. The summed E-state index contributed by atoms with van der Waals surface area (Å²) in [7, 11) is 0. The van der Waals surface area contributed by atoms with E-state index < -0.39 is 5.82 Å². The highest BCUT2D eigenvalue weighted by Crippen LogP contribution is 2.32. The van der Waals surface area contributed by atoms with Gasteiger partial charge < -0.3 is 9.47 Å². The number of aromatic nitrogens is 2. The Kier molecular flexibility index (Phi) is 2.82. The number of ether oxygens (including phenoxy) is 2. The van der Waals surface area contributed by atoms with E-state index in [-0.39, 0.29) is 12.4 Å². The van der Waals surface area contributed by atoms with E-state index in [2.05, 4.69) is 4.98 Å². The van der Waals surface area contributed by atoms with E-state index in [1.54, 1.807) is 0 Å². The fourth-order valence-corrected chi connectivity index (χ4v) is 2.48. The molecule has 0 fully saturated rings. The second-order valence-electron chi connectivity index (χ2n) is 5.03. The van der Waals surface area contributed by atoms with Gasteiger partial charge in [0.25, 0.3) is 5.56 Å². The highest BCUT2D eigenvalue weighted by atomic mass is 19.1. The molecule has 0 saturated heterocycles. The van der Waals surface area contributed by atoms with Crippen LogP contribution in [0.5, 0.6) is 11.5 Å². The molecular formula is C16H11FN2O3. The van der Waals surface area contributed by atoms with Gasteiger partial charge in [-0.3, -0.25) is 9.36 Å². The standard InChI is InChI=1S/C16H11FN2O3/c17-11-2-3-12-13(6-11)18-8-19(16(12)20)7-10-1-4-14-15(5-10)22-9-21-14/h1-6,8H,7,9H2. The van der Waals surface area contributed by atoms with Gasteiger partial charge in [0.2, 0.25) is 6.79 Å². The molecule has 1 aliphatic rings. The Hall–Kier alpha value is -2.89. The number of benzene rings is 2. The second kappa shape index (κ2) is 4.84. The van der Waals surface area contributed by atoms with Gasteiger partial charge >= 0.3 is 0 Å². The molecule has 3 aromatic rings. The summed E-state index contributed by atoms with van der Waals surface area (Å²) in [6, 6.07) is 9.49. The normalized spacial score (nSPS) is 12.8. The van der Waals surface area contributed by atoms with E-state index in [1.165, 1.54) is 29.1 Å². The predicted molar refractivity (Wildman–Crippen MR) is 77.6 cm³/mol. The molecule has 2 heterocycles. The first-order chi connectivity index (χ1) is 10.7. The van der Waals surface area contributed by atoms with Crippen molar-refractivity contribution in [3.8, 4) is 11.5 Å². The lowest BCUT2D eigenvalue weighted by Gasteiger charge is -2.07. The zero-order chi connectivity index (χ0) is 15.1. The molecule has 22 heavy (non-hydrogen) atoms. The van der Waals surface area contributed by atoms with Gasteiger partial charge in [0, 0.05) is 6.07 Å². The molecule has 110 valence electrons. The summed E-state index contributed by atoms with van der Waals surface area (Å²) in [6.45, 7) is 0.567. The van der Waals surface area contributed by atoms with Gasteiger partial charge in [-0.25, -0.2) is 9.37 Å². The van der Waals surface area contributed by atoms with Crippen molar-refractivity contribution in [2.24, 2.45) is 0 Å². The van der Waals surface area contributed by atoms with E-state index >= 15 is 0 Å². The van der Waals surface area contributed by atoms with Gasteiger partial charge in [-0.2, -0.15) is 0 Å². The van der Waals surface area contributed by atoms with Crippen LogP contribution in [0.4, 0.5) is 4.39 Å². The van der Waals surface area contributed by atoms with Crippen molar-refractivity contribution < 1.29 is 13.9 Å². The van der Waals surface area contributed by atoms with Gasteiger partial charge in [0.15, 0.2) is 11.5 Å². The van der Waals surface area contributed by atoms with Crippen molar-refractivity contribution in [1.29, 1.82) is 0 Å². The Labute approximate surface area is 124 Å². The molecular weight excluding hydrogens is 287 g/mol. The zero-order valence-electron chi connectivity index (χ0n) is 11.5. The summed E-state index contributed by atoms with van der Waals surface area (Å²) in [5.74, 6) is 0.956. The van der Waals surface area contributed by atoms with Crippen LogP contribution in [0.25, 0.3) is 10.9 Å². The van der Waals surface area contributed by atoms with E-state index in [4.69, 9.17) is 9.47 Å². The smallest absolute Gasteiger partial charge is 0.261 e. The number of hydrogen-bond donors (Lipinski definition) is 0. The molecule has 0 saturated carbocycles. The molecule has 1 aromatic heterocycles. The average Bonchev–Trinajstić information content (AvgIpc) is 2.97. The summed E-state index contributed by atoms with van der Waals surface area (Å²) < 4.78 is 25.2. The summed E-state index contributed by atoms with van der Waals surface area (Å²) in [4.78, 5) is 16.6. The minimum absolute atomic E-state index is 0.206. The maximum atomic E-state index is 13.2. The topological polar surface area (TPSA) is 53.4 Å². The molecule has 2 aromatic carbocycles. The number of fused-ring (bicyclic) bond motifs is 2. The number of nitrogens with zero attached hydrogens (tertiary/aromatic N) is 2. The number of rotatable bonds is 2. The maximum absolute atomic E-state index is 13.2. The van der Waals surface area contributed by atoms with Crippen molar-refractivity contribution in [3.05, 3.63) is 64.5 Å². The Morgan fingerprint density at radius 2 is 2.00 bits per heavy atom. The molecule has 0 N–H and O–H groups in total. The molecule has 0 amide bonds. The van der Waals surface area contributed by atoms with Crippen LogP contribution in [-0.4, -0.2) is 16.3 Å². The second-order valence-corrected chi connectivity index (χ2v) is 5.03. The highest BCUT2D eigenvalue weighted by Gasteiger charge is 2.14. The van der Waals surface area contributed by atoms with Gasteiger partial charge in [-0.1, -0.05) is 6.07 Å². The van der Waals surface area contributed by atoms with Crippen LogP contribution in [0.1, 0.15) is 5.56 Å². The summed E-state index contributed by atoms with van der Waals surface area (Å²) in [6.07, 6.45) is 1.43.